The van der Waals surface area contributed by atoms with E-state index in [1.165, 1.54) is 19.5 Å². The van der Waals surface area contributed by atoms with Crippen LogP contribution in [0.1, 0.15) is 33.1 Å². The highest BCUT2D eigenvalue weighted by molar-refractivity contribution is 5.75. The average molecular weight is 255 g/mol. The Hall–Kier alpha value is -0.610. The number of amides is 1. The van der Waals surface area contributed by atoms with Crippen LogP contribution in [0.15, 0.2) is 0 Å². The summed E-state index contributed by atoms with van der Waals surface area (Å²) in [5, 5.41) is 6.12. The Morgan fingerprint density at radius 3 is 2.89 bits per heavy atom. The highest BCUT2D eigenvalue weighted by Gasteiger charge is 2.22. The molecule has 1 aliphatic heterocycles. The third-order valence-electron chi connectivity index (χ3n) is 3.41. The number of carbonyl (C=O) groups is 1. The summed E-state index contributed by atoms with van der Waals surface area (Å²) >= 11 is 0. The molecule has 2 N–H and O–H groups in total. The second kappa shape index (κ2) is 8.48. The fourth-order valence-electron chi connectivity index (χ4n) is 2.53. The first-order valence-corrected chi connectivity index (χ1v) is 7.25. The van der Waals surface area contributed by atoms with Gasteiger partial charge in [0.25, 0.3) is 0 Å². The Morgan fingerprint density at radius 1 is 1.44 bits per heavy atom. The molecule has 106 valence electrons. The van der Waals surface area contributed by atoms with Gasteiger partial charge in [-0.3, -0.25) is 4.79 Å². The van der Waals surface area contributed by atoms with Crippen molar-refractivity contribution in [1.29, 1.82) is 0 Å². The summed E-state index contributed by atoms with van der Waals surface area (Å²) < 4.78 is 0. The zero-order chi connectivity index (χ0) is 13.4. The molecule has 1 amide bonds. The van der Waals surface area contributed by atoms with Crippen LogP contribution in [-0.4, -0.2) is 50.6 Å². The quantitative estimate of drug-likeness (QED) is 0.638. The standard InChI is InChI=1S/C14H29N3O/c1-12(2)10-17-8-6-13(11-17)9-16-14(18)5-4-7-15-3/h12-13,15H,4-11H2,1-3H3,(H,16,18). The molecule has 1 unspecified atom stereocenters. The van der Waals surface area contributed by atoms with Gasteiger partial charge in [0.05, 0.1) is 0 Å². The molecule has 0 aromatic rings. The predicted molar refractivity (Wildman–Crippen MR) is 75.6 cm³/mol. The molecule has 0 aromatic carbocycles. The second-order valence-corrected chi connectivity index (χ2v) is 5.82. The lowest BCUT2D eigenvalue weighted by Gasteiger charge is -2.18. The average Bonchev–Trinajstić information content (AvgIpc) is 2.73. The van der Waals surface area contributed by atoms with Crippen LogP contribution in [0.4, 0.5) is 0 Å². The molecule has 1 atom stereocenters. The van der Waals surface area contributed by atoms with E-state index < -0.39 is 0 Å². The molecule has 18 heavy (non-hydrogen) atoms. The molecular formula is C14H29N3O. The van der Waals surface area contributed by atoms with Crippen molar-refractivity contribution in [2.24, 2.45) is 11.8 Å². The van der Waals surface area contributed by atoms with Gasteiger partial charge in [-0.15, -0.1) is 0 Å². The van der Waals surface area contributed by atoms with Gasteiger partial charge >= 0.3 is 0 Å². The smallest absolute Gasteiger partial charge is 0.220 e. The fourth-order valence-corrected chi connectivity index (χ4v) is 2.53. The molecular weight excluding hydrogens is 226 g/mol. The van der Waals surface area contributed by atoms with E-state index in [1.807, 2.05) is 7.05 Å². The van der Waals surface area contributed by atoms with E-state index in [2.05, 4.69) is 29.4 Å². The zero-order valence-electron chi connectivity index (χ0n) is 12.2. The maximum Gasteiger partial charge on any atom is 0.220 e. The Kier molecular flexibility index (Phi) is 7.28. The van der Waals surface area contributed by atoms with Crippen LogP contribution in [0.2, 0.25) is 0 Å². The number of carbonyl (C=O) groups excluding carboxylic acids is 1. The van der Waals surface area contributed by atoms with Crippen LogP contribution in [-0.2, 0) is 4.79 Å². The van der Waals surface area contributed by atoms with E-state index >= 15 is 0 Å². The van der Waals surface area contributed by atoms with Crippen molar-refractivity contribution in [3.63, 3.8) is 0 Å². The Balaban J connectivity index is 2.08. The van der Waals surface area contributed by atoms with Crippen LogP contribution in [0.3, 0.4) is 0 Å². The van der Waals surface area contributed by atoms with Crippen molar-refractivity contribution in [3.05, 3.63) is 0 Å². The summed E-state index contributed by atoms with van der Waals surface area (Å²) in [6.45, 7) is 9.82. The number of nitrogens with zero attached hydrogens (tertiary/aromatic N) is 1. The van der Waals surface area contributed by atoms with Crippen molar-refractivity contribution < 1.29 is 4.79 Å². The molecule has 0 spiro atoms. The van der Waals surface area contributed by atoms with Crippen molar-refractivity contribution in [2.45, 2.75) is 33.1 Å². The van der Waals surface area contributed by atoms with Crippen molar-refractivity contribution in [3.8, 4) is 0 Å². The van der Waals surface area contributed by atoms with Crippen LogP contribution in [0.5, 0.6) is 0 Å². The summed E-state index contributed by atoms with van der Waals surface area (Å²) in [5.74, 6) is 1.59. The molecule has 0 saturated carbocycles. The van der Waals surface area contributed by atoms with Gasteiger partial charge in [0.2, 0.25) is 5.91 Å². The maximum atomic E-state index is 11.6. The van der Waals surface area contributed by atoms with E-state index in [-0.39, 0.29) is 5.91 Å². The Morgan fingerprint density at radius 2 is 2.22 bits per heavy atom. The first-order chi connectivity index (χ1) is 8.61. The van der Waals surface area contributed by atoms with Crippen LogP contribution in [0.25, 0.3) is 0 Å². The highest BCUT2D eigenvalue weighted by atomic mass is 16.1. The molecule has 0 aliphatic carbocycles. The maximum absolute atomic E-state index is 11.6. The minimum absolute atomic E-state index is 0.201. The van der Waals surface area contributed by atoms with Gasteiger partial charge in [-0.2, -0.15) is 0 Å². The minimum Gasteiger partial charge on any atom is -0.356 e. The molecule has 1 heterocycles. The lowest BCUT2D eigenvalue weighted by atomic mass is 10.1. The molecule has 1 aliphatic rings. The van der Waals surface area contributed by atoms with Gasteiger partial charge in [0.15, 0.2) is 0 Å². The molecule has 4 nitrogen and oxygen atoms in total. The first-order valence-electron chi connectivity index (χ1n) is 7.25. The number of hydrogen-bond donors (Lipinski definition) is 2. The van der Waals surface area contributed by atoms with E-state index in [9.17, 15) is 4.79 Å². The normalized spacial score (nSPS) is 20.6. The van der Waals surface area contributed by atoms with Gasteiger partial charge in [-0.25, -0.2) is 0 Å². The van der Waals surface area contributed by atoms with Gasteiger partial charge in [-0.1, -0.05) is 13.8 Å². The van der Waals surface area contributed by atoms with E-state index in [0.29, 0.717) is 12.3 Å². The van der Waals surface area contributed by atoms with Gasteiger partial charge in [0.1, 0.15) is 0 Å². The van der Waals surface area contributed by atoms with E-state index in [1.54, 1.807) is 0 Å². The number of likely N-dealkylation sites (tertiary alicyclic amines) is 1. The molecule has 1 rings (SSSR count). The van der Waals surface area contributed by atoms with Crippen molar-refractivity contribution in [2.75, 3.05) is 39.8 Å². The third-order valence-corrected chi connectivity index (χ3v) is 3.41. The van der Waals surface area contributed by atoms with Crippen LogP contribution in [0, 0.1) is 11.8 Å². The Bertz CT molecular complexity index is 243. The molecule has 0 aromatic heterocycles. The van der Waals surface area contributed by atoms with Crippen molar-refractivity contribution >= 4 is 5.91 Å². The summed E-state index contributed by atoms with van der Waals surface area (Å²) in [7, 11) is 1.92. The molecule has 4 heteroatoms. The molecule has 1 fully saturated rings. The third kappa shape index (κ3) is 6.36. The molecule has 1 saturated heterocycles. The highest BCUT2D eigenvalue weighted by Crippen LogP contribution is 2.16. The zero-order valence-corrected chi connectivity index (χ0v) is 12.2. The van der Waals surface area contributed by atoms with E-state index in [4.69, 9.17) is 0 Å². The fraction of sp³-hybridized carbons (Fsp3) is 0.929. The number of hydrogen-bond acceptors (Lipinski definition) is 3. The lowest BCUT2D eigenvalue weighted by molar-refractivity contribution is -0.121. The Labute approximate surface area is 111 Å². The van der Waals surface area contributed by atoms with Gasteiger partial charge in [-0.05, 0) is 44.8 Å². The van der Waals surface area contributed by atoms with Crippen LogP contribution >= 0.6 is 0 Å². The topological polar surface area (TPSA) is 44.4 Å². The van der Waals surface area contributed by atoms with Gasteiger partial charge < -0.3 is 15.5 Å². The largest absolute Gasteiger partial charge is 0.356 e. The van der Waals surface area contributed by atoms with E-state index in [0.717, 1.165) is 32.0 Å². The van der Waals surface area contributed by atoms with Gasteiger partial charge in [0, 0.05) is 26.1 Å². The predicted octanol–water partition coefficient (Wildman–Crippen LogP) is 1.08. The number of rotatable bonds is 8. The second-order valence-electron chi connectivity index (χ2n) is 5.82. The molecule has 0 radical (unpaired) electrons. The summed E-state index contributed by atoms with van der Waals surface area (Å²) in [6.07, 6.45) is 2.79. The summed E-state index contributed by atoms with van der Waals surface area (Å²) in [4.78, 5) is 14.1. The minimum atomic E-state index is 0.201. The van der Waals surface area contributed by atoms with Crippen molar-refractivity contribution in [1.82, 2.24) is 15.5 Å². The SMILES string of the molecule is CNCCCC(=O)NCC1CCN(CC(C)C)C1. The summed E-state index contributed by atoms with van der Waals surface area (Å²) in [5.41, 5.74) is 0. The first kappa shape index (κ1) is 15.4. The summed E-state index contributed by atoms with van der Waals surface area (Å²) in [6, 6.07) is 0. The molecule has 0 bridgehead atoms. The monoisotopic (exact) mass is 255 g/mol. The van der Waals surface area contributed by atoms with Crippen LogP contribution < -0.4 is 10.6 Å². The lowest BCUT2D eigenvalue weighted by Crippen LogP contribution is -2.32. The number of nitrogens with one attached hydrogen (secondary N) is 2.